The SMILES string of the molecule is CN(C(=O)CNc1cccc(I)c1)C1CCS(=O)(=O)C1. The maximum atomic E-state index is 12.1. The van der Waals surface area contributed by atoms with Crippen molar-refractivity contribution in [3.8, 4) is 0 Å². The lowest BCUT2D eigenvalue weighted by molar-refractivity contribution is -0.129. The largest absolute Gasteiger partial charge is 0.376 e. The molecular formula is C13H17IN2O3S. The molecule has 2 rings (SSSR count). The number of halogens is 1. The van der Waals surface area contributed by atoms with Crippen molar-refractivity contribution in [2.45, 2.75) is 12.5 Å². The number of anilines is 1. The Labute approximate surface area is 132 Å². The van der Waals surface area contributed by atoms with Crippen molar-refractivity contribution in [2.24, 2.45) is 0 Å². The molecular weight excluding hydrogens is 391 g/mol. The third-order valence-corrected chi connectivity index (χ3v) is 5.84. The maximum Gasteiger partial charge on any atom is 0.241 e. The molecule has 7 heteroatoms. The predicted octanol–water partition coefficient (Wildman–Crippen LogP) is 1.35. The molecule has 5 nitrogen and oxygen atoms in total. The number of carbonyl (C=O) groups is 1. The number of likely N-dealkylation sites (N-methyl/N-ethyl adjacent to an activating group) is 1. The fourth-order valence-electron chi connectivity index (χ4n) is 2.19. The summed E-state index contributed by atoms with van der Waals surface area (Å²) in [7, 11) is -1.29. The van der Waals surface area contributed by atoms with Gasteiger partial charge in [0.1, 0.15) is 0 Å². The lowest BCUT2D eigenvalue weighted by atomic mass is 10.2. The number of hydrogen-bond acceptors (Lipinski definition) is 4. The van der Waals surface area contributed by atoms with Gasteiger partial charge >= 0.3 is 0 Å². The van der Waals surface area contributed by atoms with Gasteiger partial charge in [-0.3, -0.25) is 4.79 Å². The summed E-state index contributed by atoms with van der Waals surface area (Å²) in [6.45, 7) is 0.174. The van der Waals surface area contributed by atoms with E-state index < -0.39 is 9.84 Å². The van der Waals surface area contributed by atoms with Crippen molar-refractivity contribution in [2.75, 3.05) is 30.4 Å². The van der Waals surface area contributed by atoms with Gasteiger partial charge in [0.05, 0.1) is 18.1 Å². The summed E-state index contributed by atoms with van der Waals surface area (Å²) in [5, 5.41) is 3.06. The smallest absolute Gasteiger partial charge is 0.241 e. The van der Waals surface area contributed by atoms with Gasteiger partial charge in [0.25, 0.3) is 0 Å². The van der Waals surface area contributed by atoms with Crippen molar-refractivity contribution in [3.63, 3.8) is 0 Å². The van der Waals surface area contributed by atoms with Crippen molar-refractivity contribution < 1.29 is 13.2 Å². The van der Waals surface area contributed by atoms with Gasteiger partial charge in [0, 0.05) is 22.3 Å². The molecule has 1 aliphatic heterocycles. The van der Waals surface area contributed by atoms with Crippen LogP contribution in [0.5, 0.6) is 0 Å². The number of benzene rings is 1. The van der Waals surface area contributed by atoms with E-state index >= 15 is 0 Å². The third-order valence-electron chi connectivity index (χ3n) is 3.42. The Kier molecular flexibility index (Phi) is 4.90. The van der Waals surface area contributed by atoms with Gasteiger partial charge in [-0.25, -0.2) is 8.42 Å². The second kappa shape index (κ2) is 6.30. The first kappa shape index (κ1) is 15.6. The minimum atomic E-state index is -2.96. The van der Waals surface area contributed by atoms with Gasteiger partial charge in [-0.1, -0.05) is 6.07 Å². The minimum Gasteiger partial charge on any atom is -0.376 e. The van der Waals surface area contributed by atoms with E-state index in [2.05, 4.69) is 27.9 Å². The molecule has 1 fully saturated rings. The van der Waals surface area contributed by atoms with Crippen molar-refractivity contribution in [1.82, 2.24) is 4.90 Å². The number of amides is 1. The molecule has 0 aromatic heterocycles. The molecule has 0 bridgehead atoms. The van der Waals surface area contributed by atoms with Crippen molar-refractivity contribution in [1.29, 1.82) is 0 Å². The molecule has 1 unspecified atom stereocenters. The van der Waals surface area contributed by atoms with E-state index in [1.165, 1.54) is 0 Å². The molecule has 1 N–H and O–H groups in total. The van der Waals surface area contributed by atoms with Crippen LogP contribution in [0.15, 0.2) is 24.3 Å². The maximum absolute atomic E-state index is 12.1. The van der Waals surface area contributed by atoms with Crippen LogP contribution in [0.2, 0.25) is 0 Å². The predicted molar refractivity (Wildman–Crippen MR) is 87.5 cm³/mol. The van der Waals surface area contributed by atoms with E-state index in [0.29, 0.717) is 6.42 Å². The lowest BCUT2D eigenvalue weighted by Crippen LogP contribution is -2.40. The Balaban J connectivity index is 1.89. The fourth-order valence-corrected chi connectivity index (χ4v) is 4.50. The Morgan fingerprint density at radius 3 is 2.85 bits per heavy atom. The molecule has 0 spiro atoms. The van der Waals surface area contributed by atoms with E-state index in [-0.39, 0.29) is 30.0 Å². The molecule has 1 aromatic rings. The molecule has 1 atom stereocenters. The Morgan fingerprint density at radius 2 is 2.25 bits per heavy atom. The molecule has 20 heavy (non-hydrogen) atoms. The molecule has 1 heterocycles. The number of rotatable bonds is 4. The average Bonchev–Trinajstić information content (AvgIpc) is 2.75. The topological polar surface area (TPSA) is 66.5 Å². The second-order valence-corrected chi connectivity index (χ2v) is 8.40. The second-order valence-electron chi connectivity index (χ2n) is 4.93. The first-order valence-electron chi connectivity index (χ1n) is 6.33. The van der Waals surface area contributed by atoms with Crippen LogP contribution in [-0.4, -0.2) is 50.4 Å². The highest BCUT2D eigenvalue weighted by atomic mass is 127. The van der Waals surface area contributed by atoms with Crippen LogP contribution < -0.4 is 5.32 Å². The van der Waals surface area contributed by atoms with Crippen LogP contribution in [0, 0.1) is 3.57 Å². The summed E-state index contributed by atoms with van der Waals surface area (Å²) in [6, 6.07) is 7.55. The van der Waals surface area contributed by atoms with Crippen LogP contribution in [0.25, 0.3) is 0 Å². The molecule has 1 amide bonds. The Hall–Kier alpha value is -0.830. The van der Waals surface area contributed by atoms with Crippen LogP contribution >= 0.6 is 22.6 Å². The third kappa shape index (κ3) is 4.08. The number of carbonyl (C=O) groups excluding carboxylic acids is 1. The Morgan fingerprint density at radius 1 is 1.50 bits per heavy atom. The number of nitrogens with zero attached hydrogens (tertiary/aromatic N) is 1. The zero-order chi connectivity index (χ0) is 14.8. The summed E-state index contributed by atoms with van der Waals surface area (Å²) in [5.74, 6) is 0.170. The molecule has 1 aliphatic rings. The first-order valence-corrected chi connectivity index (χ1v) is 9.23. The molecule has 1 saturated heterocycles. The fraction of sp³-hybridized carbons (Fsp3) is 0.462. The minimum absolute atomic E-state index is 0.0818. The molecule has 0 saturated carbocycles. The Bertz CT molecular complexity index is 603. The number of nitrogens with one attached hydrogen (secondary N) is 1. The lowest BCUT2D eigenvalue weighted by Gasteiger charge is -2.23. The van der Waals surface area contributed by atoms with Gasteiger partial charge in [-0.05, 0) is 47.2 Å². The van der Waals surface area contributed by atoms with Crippen molar-refractivity contribution >= 4 is 44.0 Å². The molecule has 110 valence electrons. The van der Waals surface area contributed by atoms with E-state index in [9.17, 15) is 13.2 Å². The quantitative estimate of drug-likeness (QED) is 0.764. The van der Waals surface area contributed by atoms with Gasteiger partial charge in [-0.15, -0.1) is 0 Å². The molecule has 1 aromatic carbocycles. The van der Waals surface area contributed by atoms with E-state index in [1.54, 1.807) is 11.9 Å². The van der Waals surface area contributed by atoms with Crippen LogP contribution in [0.3, 0.4) is 0 Å². The van der Waals surface area contributed by atoms with E-state index in [1.807, 2.05) is 24.3 Å². The molecule has 0 aliphatic carbocycles. The summed E-state index contributed by atoms with van der Waals surface area (Å²) in [5.41, 5.74) is 0.887. The summed E-state index contributed by atoms with van der Waals surface area (Å²) in [4.78, 5) is 13.6. The van der Waals surface area contributed by atoms with Crippen molar-refractivity contribution in [3.05, 3.63) is 27.8 Å². The first-order chi connectivity index (χ1) is 9.37. The normalized spacial score (nSPS) is 20.6. The van der Waals surface area contributed by atoms with Crippen LogP contribution in [-0.2, 0) is 14.6 Å². The highest BCUT2D eigenvalue weighted by Crippen LogP contribution is 2.17. The van der Waals surface area contributed by atoms with Gasteiger partial charge in [-0.2, -0.15) is 0 Å². The highest BCUT2D eigenvalue weighted by molar-refractivity contribution is 14.1. The van der Waals surface area contributed by atoms with Crippen LogP contribution in [0.1, 0.15) is 6.42 Å². The highest BCUT2D eigenvalue weighted by Gasteiger charge is 2.32. The van der Waals surface area contributed by atoms with Crippen LogP contribution in [0.4, 0.5) is 5.69 Å². The van der Waals surface area contributed by atoms with Gasteiger partial charge < -0.3 is 10.2 Å². The number of sulfone groups is 1. The standard InChI is InChI=1S/C13H17IN2O3S/c1-16(12-5-6-20(18,19)9-12)13(17)8-15-11-4-2-3-10(14)7-11/h2-4,7,12,15H,5-6,8-9H2,1H3. The number of hydrogen-bond donors (Lipinski definition) is 1. The van der Waals surface area contributed by atoms with Gasteiger partial charge in [0.2, 0.25) is 5.91 Å². The van der Waals surface area contributed by atoms with E-state index in [0.717, 1.165) is 9.26 Å². The molecule has 0 radical (unpaired) electrons. The van der Waals surface area contributed by atoms with E-state index in [4.69, 9.17) is 0 Å². The summed E-state index contributed by atoms with van der Waals surface area (Å²) >= 11 is 2.21. The zero-order valence-electron chi connectivity index (χ0n) is 11.2. The summed E-state index contributed by atoms with van der Waals surface area (Å²) < 4.78 is 24.0. The summed E-state index contributed by atoms with van der Waals surface area (Å²) in [6.07, 6.45) is 0.536. The monoisotopic (exact) mass is 408 g/mol. The zero-order valence-corrected chi connectivity index (χ0v) is 14.1. The average molecular weight is 408 g/mol. The van der Waals surface area contributed by atoms with Gasteiger partial charge in [0.15, 0.2) is 9.84 Å².